The second-order valence-electron chi connectivity index (χ2n) is 3.93. The lowest BCUT2D eigenvalue weighted by atomic mass is 10.2. The van der Waals surface area contributed by atoms with E-state index in [0.717, 1.165) is 23.4 Å². The van der Waals surface area contributed by atoms with Gasteiger partial charge in [-0.3, -0.25) is 9.59 Å². The number of carbonyl (C=O) groups is 2. The monoisotopic (exact) mass is 266 g/mol. The van der Waals surface area contributed by atoms with Crippen LogP contribution in [-0.4, -0.2) is 17.6 Å². The molecule has 5 heteroatoms. The quantitative estimate of drug-likeness (QED) is 0.744. The molecule has 0 saturated heterocycles. The van der Waals surface area contributed by atoms with E-state index in [4.69, 9.17) is 5.73 Å². The summed E-state index contributed by atoms with van der Waals surface area (Å²) >= 11 is 1.38. The molecule has 1 aromatic rings. The van der Waals surface area contributed by atoms with Crippen LogP contribution >= 0.6 is 11.8 Å². The molecule has 0 aromatic heterocycles. The van der Waals surface area contributed by atoms with Crippen LogP contribution in [0.1, 0.15) is 26.2 Å². The molecule has 2 amide bonds. The maximum Gasteiger partial charge on any atom is 0.227 e. The topological polar surface area (TPSA) is 72.2 Å². The minimum atomic E-state index is -0.336. The summed E-state index contributed by atoms with van der Waals surface area (Å²) < 4.78 is 0. The van der Waals surface area contributed by atoms with E-state index in [1.54, 1.807) is 0 Å². The van der Waals surface area contributed by atoms with E-state index in [1.807, 2.05) is 24.3 Å². The summed E-state index contributed by atoms with van der Waals surface area (Å²) in [5, 5.41) is 2.83. The summed E-state index contributed by atoms with van der Waals surface area (Å²) in [5.74, 6) is -0.0336. The summed E-state index contributed by atoms with van der Waals surface area (Å²) in [7, 11) is 0. The van der Waals surface area contributed by atoms with Gasteiger partial charge in [0.2, 0.25) is 11.8 Å². The Bertz CT molecular complexity index is 404. The molecule has 18 heavy (non-hydrogen) atoms. The van der Waals surface area contributed by atoms with Crippen molar-refractivity contribution in [2.24, 2.45) is 5.73 Å². The summed E-state index contributed by atoms with van der Waals surface area (Å²) in [6.07, 6.45) is 2.46. The van der Waals surface area contributed by atoms with Gasteiger partial charge >= 0.3 is 0 Å². The number of benzene rings is 1. The number of anilines is 1. The van der Waals surface area contributed by atoms with Crippen molar-refractivity contribution in [2.45, 2.75) is 31.1 Å². The Balaban J connectivity index is 2.44. The summed E-state index contributed by atoms with van der Waals surface area (Å²) in [6.45, 7) is 2.05. The van der Waals surface area contributed by atoms with E-state index in [2.05, 4.69) is 12.2 Å². The zero-order chi connectivity index (χ0) is 13.4. The molecule has 1 aromatic carbocycles. The number of primary amides is 1. The largest absolute Gasteiger partial charge is 0.369 e. The van der Waals surface area contributed by atoms with Crippen LogP contribution in [0.5, 0.6) is 0 Å². The van der Waals surface area contributed by atoms with Gasteiger partial charge in [-0.1, -0.05) is 13.3 Å². The van der Waals surface area contributed by atoms with E-state index in [-0.39, 0.29) is 17.6 Å². The average molecular weight is 266 g/mol. The predicted molar refractivity (Wildman–Crippen MR) is 74.5 cm³/mol. The first-order valence-corrected chi connectivity index (χ1v) is 6.91. The molecule has 0 aliphatic carbocycles. The highest BCUT2D eigenvalue weighted by molar-refractivity contribution is 8.00. The molecular weight excluding hydrogens is 248 g/mol. The number of thioether (sulfide) groups is 1. The van der Waals surface area contributed by atoms with E-state index >= 15 is 0 Å². The van der Waals surface area contributed by atoms with E-state index in [9.17, 15) is 9.59 Å². The van der Waals surface area contributed by atoms with Gasteiger partial charge in [0.1, 0.15) is 0 Å². The van der Waals surface area contributed by atoms with E-state index in [1.165, 1.54) is 11.8 Å². The average Bonchev–Trinajstić information content (AvgIpc) is 2.35. The van der Waals surface area contributed by atoms with Gasteiger partial charge in [-0.15, -0.1) is 11.8 Å². The first kappa shape index (κ1) is 14.6. The summed E-state index contributed by atoms with van der Waals surface area (Å²) in [5.41, 5.74) is 5.84. The first-order valence-electron chi connectivity index (χ1n) is 5.93. The molecule has 0 radical (unpaired) electrons. The Labute approximate surface area is 111 Å². The molecule has 1 rings (SSSR count). The normalized spacial score (nSPS) is 10.1. The van der Waals surface area contributed by atoms with Crippen molar-refractivity contribution in [3.05, 3.63) is 24.3 Å². The van der Waals surface area contributed by atoms with Crippen LogP contribution in [0.15, 0.2) is 29.2 Å². The minimum absolute atomic E-state index is 0.0365. The summed E-state index contributed by atoms with van der Waals surface area (Å²) in [4.78, 5) is 23.1. The highest BCUT2D eigenvalue weighted by atomic mass is 32.2. The minimum Gasteiger partial charge on any atom is -0.369 e. The molecule has 0 saturated carbocycles. The molecule has 98 valence electrons. The highest BCUT2D eigenvalue weighted by Gasteiger charge is 2.02. The summed E-state index contributed by atoms with van der Waals surface area (Å²) in [6, 6.07) is 7.38. The molecule has 0 spiro atoms. The van der Waals surface area contributed by atoms with Crippen LogP contribution in [0.4, 0.5) is 5.69 Å². The van der Waals surface area contributed by atoms with Gasteiger partial charge < -0.3 is 11.1 Å². The van der Waals surface area contributed by atoms with Crippen molar-refractivity contribution in [3.8, 4) is 0 Å². The van der Waals surface area contributed by atoms with Gasteiger partial charge in [0.25, 0.3) is 0 Å². The van der Waals surface area contributed by atoms with Crippen LogP contribution in [0.3, 0.4) is 0 Å². The molecule has 0 aliphatic heterocycles. The maximum atomic E-state index is 11.5. The van der Waals surface area contributed by atoms with Gasteiger partial charge in [0.15, 0.2) is 0 Å². The van der Waals surface area contributed by atoms with Crippen molar-refractivity contribution in [2.75, 3.05) is 11.1 Å². The number of nitrogens with two attached hydrogens (primary N) is 1. The molecule has 3 N–H and O–H groups in total. The number of amides is 2. The molecule has 4 nitrogen and oxygen atoms in total. The first-order chi connectivity index (χ1) is 8.61. The molecular formula is C13H18N2O2S. The molecule has 0 bridgehead atoms. The smallest absolute Gasteiger partial charge is 0.227 e. The molecule has 0 aliphatic rings. The van der Waals surface area contributed by atoms with Gasteiger partial charge in [-0.05, 0) is 30.7 Å². The molecule has 0 heterocycles. The fraction of sp³-hybridized carbons (Fsp3) is 0.385. The fourth-order valence-corrected chi connectivity index (χ4v) is 1.99. The fourth-order valence-electron chi connectivity index (χ4n) is 1.35. The Hall–Kier alpha value is -1.49. The number of hydrogen-bond acceptors (Lipinski definition) is 3. The third-order valence-corrected chi connectivity index (χ3v) is 3.31. The van der Waals surface area contributed by atoms with Gasteiger partial charge in [0, 0.05) is 17.0 Å². The Kier molecular flexibility index (Phi) is 6.28. The van der Waals surface area contributed by atoms with Crippen LogP contribution in [0, 0.1) is 0 Å². The molecule has 0 unspecified atom stereocenters. The van der Waals surface area contributed by atoms with E-state index < -0.39 is 0 Å². The predicted octanol–water partition coefficient (Wildman–Crippen LogP) is 2.39. The van der Waals surface area contributed by atoms with Crippen LogP contribution < -0.4 is 11.1 Å². The Morgan fingerprint density at radius 2 is 1.94 bits per heavy atom. The van der Waals surface area contributed by atoms with Gasteiger partial charge in [-0.2, -0.15) is 0 Å². The Morgan fingerprint density at radius 3 is 2.50 bits per heavy atom. The second-order valence-corrected chi connectivity index (χ2v) is 4.98. The molecule has 0 atom stereocenters. The third-order valence-electron chi connectivity index (χ3n) is 2.28. The SMILES string of the molecule is CCCCC(=O)Nc1ccc(SCC(N)=O)cc1. The third kappa shape index (κ3) is 5.72. The van der Waals surface area contributed by atoms with Crippen molar-refractivity contribution in [3.63, 3.8) is 0 Å². The van der Waals surface area contributed by atoms with Crippen molar-refractivity contribution >= 4 is 29.3 Å². The van der Waals surface area contributed by atoms with Crippen molar-refractivity contribution in [1.29, 1.82) is 0 Å². The lowest BCUT2D eigenvalue weighted by Gasteiger charge is -2.05. The number of nitrogens with one attached hydrogen (secondary N) is 1. The van der Waals surface area contributed by atoms with Crippen molar-refractivity contribution < 1.29 is 9.59 Å². The van der Waals surface area contributed by atoms with Gasteiger partial charge in [0.05, 0.1) is 5.75 Å². The zero-order valence-corrected chi connectivity index (χ0v) is 11.3. The zero-order valence-electron chi connectivity index (χ0n) is 10.4. The van der Waals surface area contributed by atoms with Crippen LogP contribution in [0.25, 0.3) is 0 Å². The number of unbranched alkanes of at least 4 members (excludes halogenated alkanes) is 1. The second kappa shape index (κ2) is 7.76. The standard InChI is InChI=1S/C13H18N2O2S/c1-2-3-4-13(17)15-10-5-7-11(8-6-10)18-9-12(14)16/h5-8H,2-4,9H2,1H3,(H2,14,16)(H,15,17). The van der Waals surface area contributed by atoms with Crippen LogP contribution in [-0.2, 0) is 9.59 Å². The van der Waals surface area contributed by atoms with Crippen LogP contribution in [0.2, 0.25) is 0 Å². The van der Waals surface area contributed by atoms with Crippen molar-refractivity contribution in [1.82, 2.24) is 0 Å². The highest BCUT2D eigenvalue weighted by Crippen LogP contribution is 2.20. The Morgan fingerprint density at radius 1 is 1.28 bits per heavy atom. The number of rotatable bonds is 7. The van der Waals surface area contributed by atoms with Gasteiger partial charge in [-0.25, -0.2) is 0 Å². The number of carbonyl (C=O) groups excluding carboxylic acids is 2. The van der Waals surface area contributed by atoms with E-state index in [0.29, 0.717) is 6.42 Å². The molecule has 0 fully saturated rings. The lowest BCUT2D eigenvalue weighted by Crippen LogP contribution is -2.13. The maximum absolute atomic E-state index is 11.5. The number of hydrogen-bond donors (Lipinski definition) is 2. The lowest BCUT2D eigenvalue weighted by molar-refractivity contribution is -0.116.